The van der Waals surface area contributed by atoms with Crippen LogP contribution in [-0.4, -0.2) is 24.6 Å². The van der Waals surface area contributed by atoms with Gasteiger partial charge in [-0.05, 0) is 50.5 Å². The molecule has 2 aromatic rings. The Morgan fingerprint density at radius 1 is 1.07 bits per heavy atom. The summed E-state index contributed by atoms with van der Waals surface area (Å²) in [6.07, 6.45) is 0.372. The molecule has 5 nitrogen and oxygen atoms in total. The topological polar surface area (TPSA) is 61.8 Å². The van der Waals surface area contributed by atoms with E-state index < -0.39 is 22.9 Å². The maximum Gasteiger partial charge on any atom is 0.317 e. The molecule has 0 heterocycles. The standard InChI is InChI=1S/C23H26O5/c1-22(2,3)28-20(24)19-14-23(19,21(25)26-4)17-11-8-12-18(13-17)27-15-16-9-6-5-7-10-16/h5-13,19H,14-15H2,1-4H3/t19-,23-/m1/s1. The van der Waals surface area contributed by atoms with Gasteiger partial charge in [0.1, 0.15) is 23.4 Å². The van der Waals surface area contributed by atoms with E-state index in [0.29, 0.717) is 24.3 Å². The minimum atomic E-state index is -1.01. The van der Waals surface area contributed by atoms with Crippen LogP contribution in [-0.2, 0) is 31.1 Å². The molecule has 0 bridgehead atoms. The molecule has 1 fully saturated rings. The molecule has 1 saturated carbocycles. The highest BCUT2D eigenvalue weighted by atomic mass is 16.6. The summed E-state index contributed by atoms with van der Waals surface area (Å²) in [5.74, 6) is -0.722. The van der Waals surface area contributed by atoms with Crippen molar-refractivity contribution in [1.82, 2.24) is 0 Å². The number of carbonyl (C=O) groups is 2. The van der Waals surface area contributed by atoms with Crippen molar-refractivity contribution in [3.05, 3.63) is 65.7 Å². The molecule has 0 radical (unpaired) electrons. The normalized spacial score (nSPS) is 20.9. The van der Waals surface area contributed by atoms with E-state index in [1.165, 1.54) is 7.11 Å². The fourth-order valence-corrected chi connectivity index (χ4v) is 3.37. The van der Waals surface area contributed by atoms with Gasteiger partial charge in [0.25, 0.3) is 0 Å². The van der Waals surface area contributed by atoms with E-state index >= 15 is 0 Å². The summed E-state index contributed by atoms with van der Waals surface area (Å²) < 4.78 is 16.4. The molecular formula is C23H26O5. The van der Waals surface area contributed by atoms with E-state index in [0.717, 1.165) is 5.56 Å². The Hall–Kier alpha value is -2.82. The van der Waals surface area contributed by atoms with Gasteiger partial charge in [0.05, 0.1) is 13.0 Å². The molecule has 0 aliphatic heterocycles. The summed E-state index contributed by atoms with van der Waals surface area (Å²) in [5, 5.41) is 0. The van der Waals surface area contributed by atoms with Gasteiger partial charge in [0, 0.05) is 0 Å². The number of methoxy groups -OCH3 is 1. The third kappa shape index (κ3) is 4.19. The van der Waals surface area contributed by atoms with Crippen molar-refractivity contribution >= 4 is 11.9 Å². The van der Waals surface area contributed by atoms with Crippen LogP contribution in [0.1, 0.15) is 38.3 Å². The highest BCUT2D eigenvalue weighted by Crippen LogP contribution is 2.56. The van der Waals surface area contributed by atoms with Gasteiger partial charge in [-0.1, -0.05) is 42.5 Å². The summed E-state index contributed by atoms with van der Waals surface area (Å²) in [6.45, 7) is 5.85. The lowest BCUT2D eigenvalue weighted by Gasteiger charge is -2.21. The molecule has 0 N–H and O–H groups in total. The predicted molar refractivity (Wildman–Crippen MR) is 105 cm³/mol. The third-order valence-corrected chi connectivity index (χ3v) is 4.80. The molecule has 5 heteroatoms. The molecule has 0 aromatic heterocycles. The van der Waals surface area contributed by atoms with E-state index in [4.69, 9.17) is 14.2 Å². The Labute approximate surface area is 165 Å². The zero-order valence-corrected chi connectivity index (χ0v) is 16.7. The average molecular weight is 382 g/mol. The second kappa shape index (κ2) is 7.66. The van der Waals surface area contributed by atoms with Crippen LogP contribution >= 0.6 is 0 Å². The van der Waals surface area contributed by atoms with Crippen LogP contribution in [0.3, 0.4) is 0 Å². The van der Waals surface area contributed by atoms with Crippen LogP contribution in [0.15, 0.2) is 54.6 Å². The molecule has 3 rings (SSSR count). The van der Waals surface area contributed by atoms with Gasteiger partial charge in [-0.25, -0.2) is 0 Å². The van der Waals surface area contributed by atoms with Crippen molar-refractivity contribution in [1.29, 1.82) is 0 Å². The Balaban J connectivity index is 1.81. The van der Waals surface area contributed by atoms with E-state index in [2.05, 4.69) is 0 Å². The Morgan fingerprint density at radius 3 is 2.43 bits per heavy atom. The molecule has 148 valence electrons. The molecule has 0 spiro atoms. The largest absolute Gasteiger partial charge is 0.489 e. The van der Waals surface area contributed by atoms with Crippen LogP contribution in [0, 0.1) is 5.92 Å². The summed E-state index contributed by atoms with van der Waals surface area (Å²) >= 11 is 0. The van der Waals surface area contributed by atoms with E-state index in [1.54, 1.807) is 0 Å². The van der Waals surface area contributed by atoms with Crippen molar-refractivity contribution in [2.45, 2.75) is 44.8 Å². The smallest absolute Gasteiger partial charge is 0.317 e. The number of hydrogen-bond donors (Lipinski definition) is 0. The summed E-state index contributed by atoms with van der Waals surface area (Å²) in [5.41, 5.74) is 0.139. The molecule has 2 aromatic carbocycles. The van der Waals surface area contributed by atoms with Gasteiger partial charge < -0.3 is 14.2 Å². The highest BCUT2D eigenvalue weighted by Gasteiger charge is 2.67. The SMILES string of the molecule is COC(=O)[C@@]1(c2cccc(OCc3ccccc3)c2)C[C@@H]1C(=O)OC(C)(C)C. The summed E-state index contributed by atoms with van der Waals surface area (Å²) in [4.78, 5) is 25.2. The molecule has 2 atom stereocenters. The number of benzene rings is 2. The quantitative estimate of drug-likeness (QED) is 0.706. The minimum Gasteiger partial charge on any atom is -0.489 e. The van der Waals surface area contributed by atoms with Crippen LogP contribution in [0.4, 0.5) is 0 Å². The number of carbonyl (C=O) groups excluding carboxylic acids is 2. The lowest BCUT2D eigenvalue weighted by molar-refractivity contribution is -0.159. The number of esters is 2. The first-order valence-corrected chi connectivity index (χ1v) is 9.35. The fourth-order valence-electron chi connectivity index (χ4n) is 3.37. The Bertz CT molecular complexity index is 853. The van der Waals surface area contributed by atoms with Crippen molar-refractivity contribution in [3.63, 3.8) is 0 Å². The van der Waals surface area contributed by atoms with Crippen LogP contribution < -0.4 is 4.74 Å². The third-order valence-electron chi connectivity index (χ3n) is 4.80. The summed E-state index contributed by atoms with van der Waals surface area (Å²) in [7, 11) is 1.34. The first-order valence-electron chi connectivity index (χ1n) is 9.35. The van der Waals surface area contributed by atoms with Crippen molar-refractivity contribution in [3.8, 4) is 5.75 Å². The van der Waals surface area contributed by atoms with Gasteiger partial charge in [0.15, 0.2) is 0 Å². The maximum absolute atomic E-state index is 12.6. The first kappa shape index (κ1) is 19.9. The van der Waals surface area contributed by atoms with E-state index in [1.807, 2.05) is 75.4 Å². The maximum atomic E-state index is 12.6. The van der Waals surface area contributed by atoms with Gasteiger partial charge >= 0.3 is 11.9 Å². The zero-order valence-electron chi connectivity index (χ0n) is 16.7. The Kier molecular flexibility index (Phi) is 5.45. The number of ether oxygens (including phenoxy) is 3. The minimum absolute atomic E-state index is 0.372. The van der Waals surface area contributed by atoms with Crippen LogP contribution in [0.5, 0.6) is 5.75 Å². The monoisotopic (exact) mass is 382 g/mol. The molecule has 0 amide bonds. The lowest BCUT2D eigenvalue weighted by Crippen LogP contribution is -2.31. The summed E-state index contributed by atoms with van der Waals surface area (Å²) in [6, 6.07) is 17.1. The highest BCUT2D eigenvalue weighted by molar-refractivity contribution is 5.96. The van der Waals surface area contributed by atoms with Crippen molar-refractivity contribution in [2.24, 2.45) is 5.92 Å². The predicted octanol–water partition coefficient (Wildman–Crippen LogP) is 4.04. The van der Waals surface area contributed by atoms with Crippen LogP contribution in [0.25, 0.3) is 0 Å². The van der Waals surface area contributed by atoms with Crippen LogP contribution in [0.2, 0.25) is 0 Å². The first-order chi connectivity index (χ1) is 13.3. The van der Waals surface area contributed by atoms with E-state index in [-0.39, 0.29) is 5.97 Å². The fraction of sp³-hybridized carbons (Fsp3) is 0.391. The van der Waals surface area contributed by atoms with Crippen molar-refractivity contribution in [2.75, 3.05) is 7.11 Å². The molecular weight excluding hydrogens is 356 g/mol. The zero-order chi connectivity index (χ0) is 20.4. The van der Waals surface area contributed by atoms with Gasteiger partial charge in [0.2, 0.25) is 0 Å². The van der Waals surface area contributed by atoms with Gasteiger partial charge in [-0.2, -0.15) is 0 Å². The molecule has 0 saturated heterocycles. The lowest BCUT2D eigenvalue weighted by atomic mass is 9.93. The molecule has 1 aliphatic carbocycles. The number of rotatable bonds is 6. The van der Waals surface area contributed by atoms with Crippen molar-refractivity contribution < 1.29 is 23.8 Å². The second-order valence-electron chi connectivity index (χ2n) is 8.06. The number of hydrogen-bond acceptors (Lipinski definition) is 5. The van der Waals surface area contributed by atoms with Gasteiger partial charge in [-0.3, -0.25) is 9.59 Å². The molecule has 0 unspecified atom stereocenters. The average Bonchev–Trinajstić information content (AvgIpc) is 3.43. The molecule has 1 aliphatic rings. The van der Waals surface area contributed by atoms with E-state index in [9.17, 15) is 9.59 Å². The Morgan fingerprint density at radius 2 is 1.79 bits per heavy atom. The van der Waals surface area contributed by atoms with Gasteiger partial charge in [-0.15, -0.1) is 0 Å². The second-order valence-corrected chi connectivity index (χ2v) is 8.06. The molecule has 28 heavy (non-hydrogen) atoms.